The molecule has 1 heterocycles. The van der Waals surface area contributed by atoms with E-state index in [1.807, 2.05) is 30.3 Å². The van der Waals surface area contributed by atoms with Crippen molar-refractivity contribution in [3.05, 3.63) is 35.9 Å². The highest BCUT2D eigenvalue weighted by molar-refractivity contribution is 5.89. The third-order valence-corrected chi connectivity index (χ3v) is 5.28. The third kappa shape index (κ3) is 3.78. The Morgan fingerprint density at radius 1 is 1.29 bits per heavy atom. The number of carbonyl (C=O) groups is 2. The van der Waals surface area contributed by atoms with Crippen LogP contribution in [0.15, 0.2) is 30.3 Å². The number of aliphatic hydroxyl groups excluding tert-OH is 1. The molecule has 1 aromatic carbocycles. The number of rotatable bonds is 5. The van der Waals surface area contributed by atoms with Crippen LogP contribution in [0.3, 0.4) is 0 Å². The number of carbonyl (C=O) groups excluding carboxylic acids is 2. The average Bonchev–Trinajstić information content (AvgIpc) is 3.14. The number of benzene rings is 1. The molecular weight excluding hydrogens is 304 g/mol. The van der Waals surface area contributed by atoms with Crippen molar-refractivity contribution in [2.24, 2.45) is 11.8 Å². The smallest absolute Gasteiger partial charge is 0.227 e. The second-order valence-corrected chi connectivity index (χ2v) is 7.14. The Morgan fingerprint density at radius 2 is 2.04 bits per heavy atom. The number of likely N-dealkylation sites (tertiary alicyclic amines) is 1. The van der Waals surface area contributed by atoms with E-state index in [9.17, 15) is 14.7 Å². The maximum Gasteiger partial charge on any atom is 0.227 e. The number of nitrogens with zero attached hydrogens (tertiary/aromatic N) is 2. The molecule has 130 valence electrons. The van der Waals surface area contributed by atoms with E-state index in [2.05, 4.69) is 0 Å². The molecule has 1 saturated heterocycles. The van der Waals surface area contributed by atoms with Gasteiger partial charge < -0.3 is 14.9 Å². The number of hydrogen-bond donors (Lipinski definition) is 1. The Labute approximate surface area is 143 Å². The fourth-order valence-corrected chi connectivity index (χ4v) is 3.88. The Balaban J connectivity index is 1.55. The van der Waals surface area contributed by atoms with Crippen LogP contribution in [0.1, 0.15) is 31.2 Å². The topological polar surface area (TPSA) is 60.9 Å². The summed E-state index contributed by atoms with van der Waals surface area (Å²) in [5.74, 6) is -0.00856. The molecule has 1 aliphatic heterocycles. The van der Waals surface area contributed by atoms with Crippen molar-refractivity contribution in [1.29, 1.82) is 0 Å². The maximum absolute atomic E-state index is 12.6. The number of amides is 2. The van der Waals surface area contributed by atoms with Crippen molar-refractivity contribution in [3.63, 3.8) is 0 Å². The highest BCUT2D eigenvalue weighted by Crippen LogP contribution is 2.27. The molecule has 3 unspecified atom stereocenters. The first-order valence-corrected chi connectivity index (χ1v) is 8.79. The lowest BCUT2D eigenvalue weighted by molar-refractivity contribution is -0.135. The Kier molecular flexibility index (Phi) is 5.19. The molecular formula is C19H26N2O3. The van der Waals surface area contributed by atoms with Gasteiger partial charge in [-0.1, -0.05) is 36.8 Å². The Bertz CT molecular complexity index is 590. The maximum atomic E-state index is 12.6. The lowest BCUT2D eigenvalue weighted by Crippen LogP contribution is -2.39. The van der Waals surface area contributed by atoms with E-state index in [0.717, 1.165) is 24.8 Å². The van der Waals surface area contributed by atoms with Crippen LogP contribution in [-0.4, -0.2) is 53.0 Å². The van der Waals surface area contributed by atoms with E-state index in [0.29, 0.717) is 26.1 Å². The lowest BCUT2D eigenvalue weighted by Gasteiger charge is -2.25. The second kappa shape index (κ2) is 7.34. The molecule has 2 fully saturated rings. The van der Waals surface area contributed by atoms with Gasteiger partial charge in [0.1, 0.15) is 0 Å². The molecule has 3 atom stereocenters. The van der Waals surface area contributed by atoms with E-state index in [-0.39, 0.29) is 29.8 Å². The zero-order valence-electron chi connectivity index (χ0n) is 14.2. The van der Waals surface area contributed by atoms with Crippen LogP contribution in [0.25, 0.3) is 0 Å². The third-order valence-electron chi connectivity index (χ3n) is 5.28. The lowest BCUT2D eigenvalue weighted by atomic mass is 10.0. The monoisotopic (exact) mass is 330 g/mol. The molecule has 0 aromatic heterocycles. The quantitative estimate of drug-likeness (QED) is 0.893. The summed E-state index contributed by atoms with van der Waals surface area (Å²) in [7, 11) is 1.79. The van der Waals surface area contributed by atoms with E-state index in [1.54, 1.807) is 16.8 Å². The molecule has 1 aromatic rings. The van der Waals surface area contributed by atoms with E-state index < -0.39 is 0 Å². The largest absolute Gasteiger partial charge is 0.393 e. The van der Waals surface area contributed by atoms with Gasteiger partial charge in [-0.3, -0.25) is 9.59 Å². The van der Waals surface area contributed by atoms with Gasteiger partial charge in [0, 0.05) is 39.0 Å². The minimum Gasteiger partial charge on any atom is -0.393 e. The normalized spacial score (nSPS) is 26.8. The van der Waals surface area contributed by atoms with Crippen LogP contribution in [0, 0.1) is 11.8 Å². The second-order valence-electron chi connectivity index (χ2n) is 7.14. The molecule has 3 rings (SSSR count). The fraction of sp³-hybridized carbons (Fsp3) is 0.579. The van der Waals surface area contributed by atoms with Crippen LogP contribution >= 0.6 is 0 Å². The summed E-state index contributed by atoms with van der Waals surface area (Å²) in [6, 6.07) is 9.86. The first-order chi connectivity index (χ1) is 11.5. The summed E-state index contributed by atoms with van der Waals surface area (Å²) in [4.78, 5) is 28.4. The molecule has 0 bridgehead atoms. The molecule has 0 spiro atoms. The van der Waals surface area contributed by atoms with Crippen LogP contribution in [0.2, 0.25) is 0 Å². The van der Waals surface area contributed by atoms with Gasteiger partial charge in [0.25, 0.3) is 0 Å². The molecule has 2 amide bonds. The minimum absolute atomic E-state index is 0.0259. The van der Waals surface area contributed by atoms with Crippen molar-refractivity contribution in [1.82, 2.24) is 9.80 Å². The molecule has 5 heteroatoms. The van der Waals surface area contributed by atoms with E-state index >= 15 is 0 Å². The zero-order valence-corrected chi connectivity index (χ0v) is 14.2. The number of hydrogen-bond acceptors (Lipinski definition) is 3. The number of aliphatic hydroxyl groups is 1. The van der Waals surface area contributed by atoms with Gasteiger partial charge in [-0.15, -0.1) is 0 Å². The molecule has 1 saturated carbocycles. The van der Waals surface area contributed by atoms with Gasteiger partial charge >= 0.3 is 0 Å². The molecule has 24 heavy (non-hydrogen) atoms. The van der Waals surface area contributed by atoms with Crippen LogP contribution in [0.5, 0.6) is 0 Å². The molecule has 2 aliphatic rings. The highest BCUT2D eigenvalue weighted by Gasteiger charge is 2.37. The van der Waals surface area contributed by atoms with Gasteiger partial charge in [0.05, 0.1) is 12.0 Å². The first kappa shape index (κ1) is 17.0. The summed E-state index contributed by atoms with van der Waals surface area (Å²) < 4.78 is 0. The molecule has 5 nitrogen and oxygen atoms in total. The predicted molar refractivity (Wildman–Crippen MR) is 91.0 cm³/mol. The predicted octanol–water partition coefficient (Wildman–Crippen LogP) is 1.65. The molecule has 1 aliphatic carbocycles. The van der Waals surface area contributed by atoms with Gasteiger partial charge in [-0.05, 0) is 18.4 Å². The summed E-state index contributed by atoms with van der Waals surface area (Å²) in [5, 5.41) is 9.93. The van der Waals surface area contributed by atoms with Crippen molar-refractivity contribution in [2.75, 3.05) is 20.1 Å². The van der Waals surface area contributed by atoms with E-state index in [4.69, 9.17) is 0 Å². The van der Waals surface area contributed by atoms with Crippen molar-refractivity contribution in [2.45, 2.75) is 38.3 Å². The van der Waals surface area contributed by atoms with Crippen LogP contribution < -0.4 is 0 Å². The fourth-order valence-electron chi connectivity index (χ4n) is 3.88. The van der Waals surface area contributed by atoms with Crippen LogP contribution in [-0.2, 0) is 16.1 Å². The van der Waals surface area contributed by atoms with Gasteiger partial charge in [0.2, 0.25) is 11.8 Å². The summed E-state index contributed by atoms with van der Waals surface area (Å²) in [6.07, 6.45) is 2.84. The minimum atomic E-state index is -0.292. The van der Waals surface area contributed by atoms with Crippen molar-refractivity contribution in [3.8, 4) is 0 Å². The molecule has 1 N–H and O–H groups in total. The zero-order chi connectivity index (χ0) is 17.1. The Hall–Kier alpha value is -1.88. The standard InChI is InChI=1S/C19H26N2O3/c1-20(12-15-8-5-9-17(15)22)19(24)16-10-18(23)21(13-16)11-14-6-3-2-4-7-14/h2-4,6-7,15-17,22H,5,8-13H2,1H3. The van der Waals surface area contributed by atoms with E-state index in [1.165, 1.54) is 0 Å². The summed E-state index contributed by atoms with van der Waals surface area (Å²) in [5.41, 5.74) is 1.08. The summed E-state index contributed by atoms with van der Waals surface area (Å²) >= 11 is 0. The van der Waals surface area contributed by atoms with Gasteiger partial charge in [-0.25, -0.2) is 0 Å². The van der Waals surface area contributed by atoms with Crippen LogP contribution in [0.4, 0.5) is 0 Å². The highest BCUT2D eigenvalue weighted by atomic mass is 16.3. The van der Waals surface area contributed by atoms with Gasteiger partial charge in [0.15, 0.2) is 0 Å². The molecule has 0 radical (unpaired) electrons. The van der Waals surface area contributed by atoms with Gasteiger partial charge in [-0.2, -0.15) is 0 Å². The van der Waals surface area contributed by atoms with Crippen molar-refractivity contribution >= 4 is 11.8 Å². The first-order valence-electron chi connectivity index (χ1n) is 8.79. The summed E-state index contributed by atoms with van der Waals surface area (Å²) in [6.45, 7) is 1.64. The Morgan fingerprint density at radius 3 is 2.71 bits per heavy atom. The average molecular weight is 330 g/mol. The van der Waals surface area contributed by atoms with Crippen molar-refractivity contribution < 1.29 is 14.7 Å². The SMILES string of the molecule is CN(CC1CCCC1O)C(=O)C1CC(=O)N(Cc2ccccc2)C1.